The molecule has 0 radical (unpaired) electrons. The Morgan fingerprint density at radius 1 is 1.50 bits per heavy atom. The zero-order valence-corrected chi connectivity index (χ0v) is 12.7. The molecule has 0 saturated heterocycles. The van der Waals surface area contributed by atoms with E-state index in [1.54, 1.807) is 0 Å². The summed E-state index contributed by atoms with van der Waals surface area (Å²) in [7, 11) is 0.801. The van der Waals surface area contributed by atoms with Gasteiger partial charge >= 0.3 is 0 Å². The van der Waals surface area contributed by atoms with E-state index in [1.807, 2.05) is 0 Å². The molecule has 0 saturated carbocycles. The average Bonchev–Trinajstić information content (AvgIpc) is 2.65. The van der Waals surface area contributed by atoms with Crippen molar-refractivity contribution in [3.05, 3.63) is 4.60 Å². The van der Waals surface area contributed by atoms with Gasteiger partial charge in [0.1, 0.15) is 0 Å². The number of aryl methyl sites for hydroxylation is 1. The lowest BCUT2D eigenvalue weighted by molar-refractivity contribution is 0.0320. The minimum Gasteiger partial charge on any atom is -0.382 e. The van der Waals surface area contributed by atoms with E-state index < -0.39 is 10.0 Å². The number of ether oxygens (including phenoxy) is 2. The van der Waals surface area contributed by atoms with Crippen LogP contribution in [0.25, 0.3) is 0 Å². The highest BCUT2D eigenvalue weighted by atomic mass is 79.9. The number of rotatable bonds is 7. The van der Waals surface area contributed by atoms with Gasteiger partial charge in [0.05, 0.1) is 12.7 Å². The van der Waals surface area contributed by atoms with Gasteiger partial charge in [-0.2, -0.15) is 0 Å². The van der Waals surface area contributed by atoms with Gasteiger partial charge in [0.2, 0.25) is 5.03 Å². The van der Waals surface area contributed by atoms with Gasteiger partial charge in [-0.15, -0.1) is 5.10 Å². The summed E-state index contributed by atoms with van der Waals surface area (Å²) in [6.07, 6.45) is -0.357. The summed E-state index contributed by atoms with van der Waals surface area (Å²) in [5, 5.41) is 7.20. The van der Waals surface area contributed by atoms with Crippen molar-refractivity contribution >= 4 is 26.0 Å². The van der Waals surface area contributed by atoms with Gasteiger partial charge in [-0.3, -0.25) is 0 Å². The number of hydrogen-bond donors (Lipinski definition) is 1. The number of nitrogens with one attached hydrogen (secondary N) is 1. The molecular formula is C8H15BrN4O4S. The van der Waals surface area contributed by atoms with Crippen LogP contribution in [0.1, 0.15) is 0 Å². The molecule has 0 fully saturated rings. The van der Waals surface area contributed by atoms with Crippen LogP contribution >= 0.6 is 15.9 Å². The molecule has 1 N–H and O–H groups in total. The summed E-state index contributed by atoms with van der Waals surface area (Å²) in [6, 6.07) is 0. The summed E-state index contributed by atoms with van der Waals surface area (Å²) in [6.45, 7) is 0.397. The summed E-state index contributed by atoms with van der Waals surface area (Å²) < 4.78 is 37.8. The summed E-state index contributed by atoms with van der Waals surface area (Å²) >= 11 is 3.04. The molecule has 0 amide bonds. The Labute approximate surface area is 114 Å². The molecule has 0 bridgehead atoms. The van der Waals surface area contributed by atoms with Gasteiger partial charge in [-0.25, -0.2) is 17.8 Å². The second-order valence-electron chi connectivity index (χ2n) is 3.47. The molecule has 1 heterocycles. The first-order valence-electron chi connectivity index (χ1n) is 4.99. The highest BCUT2D eigenvalue weighted by Crippen LogP contribution is 2.17. The zero-order valence-electron chi connectivity index (χ0n) is 10.3. The van der Waals surface area contributed by atoms with Gasteiger partial charge in [-0.05, 0) is 15.9 Å². The van der Waals surface area contributed by atoms with Crippen molar-refractivity contribution in [2.75, 3.05) is 27.4 Å². The number of nitrogens with zero attached hydrogens (tertiary/aromatic N) is 3. The van der Waals surface area contributed by atoms with E-state index in [4.69, 9.17) is 9.47 Å². The minimum absolute atomic E-state index is 0.0326. The fraction of sp³-hybridized carbons (Fsp3) is 0.750. The molecule has 1 aromatic heterocycles. The van der Waals surface area contributed by atoms with Gasteiger partial charge in [-0.1, -0.05) is 5.21 Å². The maximum absolute atomic E-state index is 12.0. The maximum atomic E-state index is 12.0. The molecule has 0 aromatic carbocycles. The largest absolute Gasteiger partial charge is 0.382 e. The molecule has 1 rings (SSSR count). The Balaban J connectivity index is 2.77. The van der Waals surface area contributed by atoms with Crippen molar-refractivity contribution in [3.8, 4) is 0 Å². The number of halogens is 1. The van der Waals surface area contributed by atoms with Gasteiger partial charge in [0.25, 0.3) is 10.0 Å². The van der Waals surface area contributed by atoms with Crippen LogP contribution < -0.4 is 4.72 Å². The second-order valence-corrected chi connectivity index (χ2v) is 5.91. The lowest BCUT2D eigenvalue weighted by Gasteiger charge is -2.15. The Kier molecular flexibility index (Phi) is 5.66. The molecule has 10 heteroatoms. The molecule has 0 aliphatic rings. The lowest BCUT2D eigenvalue weighted by atomic mass is 10.4. The van der Waals surface area contributed by atoms with E-state index in [2.05, 4.69) is 31.0 Å². The van der Waals surface area contributed by atoms with Crippen LogP contribution in [0.3, 0.4) is 0 Å². The molecule has 1 atom stereocenters. The van der Waals surface area contributed by atoms with Crippen molar-refractivity contribution < 1.29 is 17.9 Å². The predicted molar refractivity (Wildman–Crippen MR) is 66.6 cm³/mol. The highest BCUT2D eigenvalue weighted by Gasteiger charge is 2.24. The average molecular weight is 343 g/mol. The van der Waals surface area contributed by atoms with Crippen LogP contribution in [0.4, 0.5) is 0 Å². The van der Waals surface area contributed by atoms with Crippen LogP contribution in [0.15, 0.2) is 9.63 Å². The van der Waals surface area contributed by atoms with E-state index in [0.29, 0.717) is 6.61 Å². The van der Waals surface area contributed by atoms with Gasteiger partial charge < -0.3 is 9.47 Å². The maximum Gasteiger partial charge on any atom is 0.260 e. The summed E-state index contributed by atoms with van der Waals surface area (Å²) in [5.41, 5.74) is 0. The highest BCUT2D eigenvalue weighted by molar-refractivity contribution is 9.10. The van der Waals surface area contributed by atoms with E-state index in [1.165, 1.54) is 25.9 Å². The molecule has 1 aromatic rings. The van der Waals surface area contributed by atoms with E-state index >= 15 is 0 Å². The third kappa shape index (κ3) is 3.72. The molecule has 0 spiro atoms. The Hall–Kier alpha value is -0.550. The zero-order chi connectivity index (χ0) is 13.8. The van der Waals surface area contributed by atoms with E-state index in [-0.39, 0.29) is 22.3 Å². The van der Waals surface area contributed by atoms with Crippen molar-refractivity contribution in [2.24, 2.45) is 7.05 Å². The summed E-state index contributed by atoms with van der Waals surface area (Å²) in [5.74, 6) is 0. The topological polar surface area (TPSA) is 95.3 Å². The van der Waals surface area contributed by atoms with E-state index in [0.717, 1.165) is 0 Å². The Morgan fingerprint density at radius 2 is 2.17 bits per heavy atom. The molecule has 104 valence electrons. The molecule has 8 nitrogen and oxygen atoms in total. The normalized spacial score (nSPS) is 13.8. The van der Waals surface area contributed by atoms with Crippen LogP contribution in [-0.2, 0) is 26.5 Å². The smallest absolute Gasteiger partial charge is 0.260 e. The van der Waals surface area contributed by atoms with Crippen LogP contribution in [0.5, 0.6) is 0 Å². The fourth-order valence-electron chi connectivity index (χ4n) is 1.28. The van der Waals surface area contributed by atoms with E-state index in [9.17, 15) is 8.42 Å². The fourth-order valence-corrected chi connectivity index (χ4v) is 3.43. The van der Waals surface area contributed by atoms with Crippen molar-refractivity contribution in [3.63, 3.8) is 0 Å². The molecule has 0 aliphatic carbocycles. The first-order valence-corrected chi connectivity index (χ1v) is 7.26. The standard InChI is InChI=1S/C8H15BrN4O4S/c1-13-8(7(9)11-12-13)18(14,15)10-4-6(17-3)5-16-2/h6,10H,4-5H2,1-3H3. The molecular weight excluding hydrogens is 328 g/mol. The second kappa shape index (κ2) is 6.57. The monoisotopic (exact) mass is 342 g/mol. The Bertz CT molecular complexity index is 470. The third-order valence-electron chi connectivity index (χ3n) is 2.18. The van der Waals surface area contributed by atoms with Crippen molar-refractivity contribution in [1.29, 1.82) is 0 Å². The van der Waals surface area contributed by atoms with Crippen LogP contribution in [0.2, 0.25) is 0 Å². The predicted octanol–water partition coefficient (Wildman–Crippen LogP) is -0.483. The van der Waals surface area contributed by atoms with Crippen LogP contribution in [-0.4, -0.2) is 56.9 Å². The summed E-state index contributed by atoms with van der Waals surface area (Å²) in [4.78, 5) is 0. The number of sulfonamides is 1. The van der Waals surface area contributed by atoms with Crippen LogP contribution in [0, 0.1) is 0 Å². The third-order valence-corrected chi connectivity index (χ3v) is 4.49. The number of methoxy groups -OCH3 is 2. The minimum atomic E-state index is -3.70. The number of hydrogen-bond acceptors (Lipinski definition) is 6. The number of aromatic nitrogens is 3. The van der Waals surface area contributed by atoms with Crippen molar-refractivity contribution in [1.82, 2.24) is 19.7 Å². The molecule has 1 unspecified atom stereocenters. The SMILES string of the molecule is COCC(CNS(=O)(=O)c1c(Br)nnn1C)OC. The van der Waals surface area contributed by atoms with Gasteiger partial charge in [0, 0.05) is 27.8 Å². The Morgan fingerprint density at radius 3 is 2.61 bits per heavy atom. The van der Waals surface area contributed by atoms with Gasteiger partial charge in [0.15, 0.2) is 4.60 Å². The first-order chi connectivity index (χ1) is 8.42. The first kappa shape index (κ1) is 15.5. The van der Waals surface area contributed by atoms with Crippen molar-refractivity contribution in [2.45, 2.75) is 11.1 Å². The molecule has 18 heavy (non-hydrogen) atoms. The lowest BCUT2D eigenvalue weighted by Crippen LogP contribution is -2.36. The molecule has 0 aliphatic heterocycles. The quantitative estimate of drug-likeness (QED) is 0.718.